The highest BCUT2D eigenvalue weighted by atomic mass is 32.2. The van der Waals surface area contributed by atoms with E-state index in [4.69, 9.17) is 4.74 Å². The summed E-state index contributed by atoms with van der Waals surface area (Å²) in [5.41, 5.74) is 2.69. The third-order valence-corrected chi connectivity index (χ3v) is 8.73. The van der Waals surface area contributed by atoms with Crippen molar-refractivity contribution in [2.75, 3.05) is 45.9 Å². The van der Waals surface area contributed by atoms with E-state index in [1.165, 1.54) is 15.0 Å². The molecule has 2 N–H and O–H groups in total. The van der Waals surface area contributed by atoms with E-state index in [-0.39, 0.29) is 17.2 Å². The monoisotopic (exact) mass is 543 g/mol. The Labute approximate surface area is 220 Å². The molecule has 0 aliphatic carbocycles. The number of aliphatic hydroxyl groups is 1. The Morgan fingerprint density at radius 3 is 2.58 bits per heavy atom. The Balaban J connectivity index is 1.61. The van der Waals surface area contributed by atoms with Gasteiger partial charge in [-0.25, -0.2) is 17.6 Å². The second-order valence-electron chi connectivity index (χ2n) is 9.38. The molecule has 12 nitrogen and oxygen atoms in total. The molecule has 1 saturated heterocycles. The number of aliphatic hydroxyl groups excluding tert-OH is 1. The molecule has 1 fully saturated rings. The fraction of sp³-hybridized carbons (Fsp3) is 0.480. The minimum Gasteiger partial charge on any atom is -0.493 e. The SMILES string of the molecule is CCCOc1ccc(S(=O)(=O)N2CCN(CCO)CC2)cc1-c1cc2c([nH]1)c1nncn1c(=O)n2CCC. The van der Waals surface area contributed by atoms with Gasteiger partial charge in [-0.2, -0.15) is 4.31 Å². The average molecular weight is 544 g/mol. The van der Waals surface area contributed by atoms with Crippen molar-refractivity contribution in [1.29, 1.82) is 0 Å². The van der Waals surface area contributed by atoms with Crippen LogP contribution in [0.25, 0.3) is 27.9 Å². The molecule has 204 valence electrons. The summed E-state index contributed by atoms with van der Waals surface area (Å²) >= 11 is 0. The van der Waals surface area contributed by atoms with Gasteiger partial charge in [-0.3, -0.25) is 9.47 Å². The Hall–Kier alpha value is -3.26. The Kier molecular flexibility index (Phi) is 7.52. The summed E-state index contributed by atoms with van der Waals surface area (Å²) in [6, 6.07) is 6.75. The van der Waals surface area contributed by atoms with Crippen LogP contribution >= 0.6 is 0 Å². The van der Waals surface area contributed by atoms with Gasteiger partial charge in [0.05, 0.1) is 29.3 Å². The van der Waals surface area contributed by atoms with Crippen molar-refractivity contribution < 1.29 is 18.3 Å². The van der Waals surface area contributed by atoms with E-state index >= 15 is 0 Å². The van der Waals surface area contributed by atoms with E-state index in [1.54, 1.807) is 22.8 Å². The zero-order valence-electron chi connectivity index (χ0n) is 21.6. The highest BCUT2D eigenvalue weighted by Gasteiger charge is 2.29. The first-order valence-electron chi connectivity index (χ1n) is 12.9. The van der Waals surface area contributed by atoms with E-state index < -0.39 is 10.0 Å². The molecule has 1 aromatic carbocycles. The Morgan fingerprint density at radius 1 is 1.08 bits per heavy atom. The minimum atomic E-state index is -3.75. The van der Waals surface area contributed by atoms with Crippen molar-refractivity contribution in [2.24, 2.45) is 0 Å². The second-order valence-corrected chi connectivity index (χ2v) is 11.3. The summed E-state index contributed by atoms with van der Waals surface area (Å²) in [6.07, 6.45) is 2.95. The van der Waals surface area contributed by atoms with Gasteiger partial charge >= 0.3 is 5.69 Å². The largest absolute Gasteiger partial charge is 0.493 e. The number of sulfonamides is 1. The summed E-state index contributed by atoms with van der Waals surface area (Å²) in [7, 11) is -3.75. The quantitative estimate of drug-likeness (QED) is 0.307. The lowest BCUT2D eigenvalue weighted by atomic mass is 10.1. The van der Waals surface area contributed by atoms with E-state index in [2.05, 4.69) is 15.2 Å². The summed E-state index contributed by atoms with van der Waals surface area (Å²) in [4.78, 5) is 18.7. The molecule has 3 aromatic heterocycles. The molecule has 4 aromatic rings. The summed E-state index contributed by atoms with van der Waals surface area (Å²) < 4.78 is 37.8. The van der Waals surface area contributed by atoms with Gasteiger partial charge in [-0.05, 0) is 37.1 Å². The number of hydrogen-bond acceptors (Lipinski definition) is 8. The summed E-state index contributed by atoms with van der Waals surface area (Å²) in [6.45, 7) is 7.40. The maximum absolute atomic E-state index is 13.6. The standard InChI is InChI=1S/C25H33N7O5S/c1-3-7-31-21-16-20(27-23(21)24-28-26-17-32(24)25(31)34)19-15-18(5-6-22(19)37-14-4-2)38(35,36)30-10-8-29(9-11-30)12-13-33/h5-6,15-17,27,33H,3-4,7-14H2,1-2H3. The number of hydrogen-bond donors (Lipinski definition) is 2. The fourth-order valence-electron chi connectivity index (χ4n) is 4.89. The van der Waals surface area contributed by atoms with Crippen LogP contribution in [0.15, 0.2) is 40.3 Å². The van der Waals surface area contributed by atoms with Crippen molar-refractivity contribution in [3.05, 3.63) is 41.1 Å². The number of fused-ring (bicyclic) bond motifs is 3. The van der Waals surface area contributed by atoms with E-state index in [9.17, 15) is 18.3 Å². The molecule has 4 heterocycles. The number of aryl methyl sites for hydroxylation is 1. The molecule has 1 aliphatic heterocycles. The maximum Gasteiger partial charge on any atom is 0.335 e. The number of benzene rings is 1. The molecule has 0 atom stereocenters. The van der Waals surface area contributed by atoms with Gasteiger partial charge in [0.25, 0.3) is 0 Å². The number of piperazine rings is 1. The average Bonchev–Trinajstić information content (AvgIpc) is 3.58. The van der Waals surface area contributed by atoms with Gasteiger partial charge in [-0.15, -0.1) is 10.2 Å². The van der Waals surface area contributed by atoms with Gasteiger partial charge in [0.2, 0.25) is 10.0 Å². The molecule has 0 bridgehead atoms. The lowest BCUT2D eigenvalue weighted by Crippen LogP contribution is -2.49. The van der Waals surface area contributed by atoms with Gasteiger partial charge < -0.3 is 14.8 Å². The van der Waals surface area contributed by atoms with Crippen LogP contribution in [0.1, 0.15) is 26.7 Å². The zero-order valence-corrected chi connectivity index (χ0v) is 22.4. The first kappa shape index (κ1) is 26.4. The molecule has 38 heavy (non-hydrogen) atoms. The topological polar surface area (TPSA) is 138 Å². The fourth-order valence-corrected chi connectivity index (χ4v) is 6.34. The molecular weight excluding hydrogens is 510 g/mol. The lowest BCUT2D eigenvalue weighted by Gasteiger charge is -2.33. The number of ether oxygens (including phenoxy) is 1. The van der Waals surface area contributed by atoms with E-state index in [0.717, 1.165) is 12.8 Å². The molecule has 0 radical (unpaired) electrons. The smallest absolute Gasteiger partial charge is 0.335 e. The van der Waals surface area contributed by atoms with Crippen molar-refractivity contribution in [2.45, 2.75) is 38.1 Å². The van der Waals surface area contributed by atoms with Crippen LogP contribution in [-0.4, -0.2) is 92.8 Å². The Morgan fingerprint density at radius 2 is 1.87 bits per heavy atom. The number of aromatic nitrogens is 5. The molecule has 5 rings (SSSR count). The van der Waals surface area contributed by atoms with Crippen LogP contribution in [0.4, 0.5) is 0 Å². The van der Waals surface area contributed by atoms with Crippen LogP contribution in [0.3, 0.4) is 0 Å². The highest BCUT2D eigenvalue weighted by molar-refractivity contribution is 7.89. The lowest BCUT2D eigenvalue weighted by molar-refractivity contribution is 0.151. The van der Waals surface area contributed by atoms with Crippen molar-refractivity contribution in [3.8, 4) is 17.0 Å². The van der Waals surface area contributed by atoms with Crippen molar-refractivity contribution in [3.63, 3.8) is 0 Å². The summed E-state index contributed by atoms with van der Waals surface area (Å²) in [5, 5.41) is 17.3. The maximum atomic E-state index is 13.6. The van der Waals surface area contributed by atoms with Crippen LogP contribution in [0.2, 0.25) is 0 Å². The number of aromatic amines is 1. The molecule has 0 spiro atoms. The first-order valence-corrected chi connectivity index (χ1v) is 14.4. The zero-order chi connectivity index (χ0) is 26.9. The number of H-pyrrole nitrogens is 1. The number of rotatable bonds is 10. The van der Waals surface area contributed by atoms with Crippen molar-refractivity contribution >= 4 is 26.7 Å². The third kappa shape index (κ3) is 4.70. The van der Waals surface area contributed by atoms with Gasteiger partial charge in [-0.1, -0.05) is 13.8 Å². The number of nitrogens with zero attached hydrogens (tertiary/aromatic N) is 6. The highest BCUT2D eigenvalue weighted by Crippen LogP contribution is 2.35. The number of nitrogens with one attached hydrogen (secondary N) is 1. The summed E-state index contributed by atoms with van der Waals surface area (Å²) in [5.74, 6) is 0.548. The van der Waals surface area contributed by atoms with Gasteiger partial charge in [0.1, 0.15) is 17.6 Å². The van der Waals surface area contributed by atoms with Crippen LogP contribution in [0.5, 0.6) is 5.75 Å². The third-order valence-electron chi connectivity index (χ3n) is 6.83. The molecule has 1 aliphatic rings. The normalized spacial score (nSPS) is 15.6. The molecular formula is C25H33N7O5S. The molecule has 13 heteroatoms. The van der Waals surface area contributed by atoms with E-state index in [1.807, 2.05) is 24.8 Å². The molecule has 0 unspecified atom stereocenters. The first-order chi connectivity index (χ1) is 18.4. The predicted octanol–water partition coefficient (Wildman–Crippen LogP) is 1.54. The van der Waals surface area contributed by atoms with Gasteiger partial charge in [0.15, 0.2) is 5.65 Å². The number of β-amino-alcohol motifs (C(OH)–C–C–N with tert-alkyl or cyclic N) is 1. The van der Waals surface area contributed by atoms with Crippen LogP contribution < -0.4 is 10.4 Å². The minimum absolute atomic E-state index is 0.0487. The van der Waals surface area contributed by atoms with E-state index in [0.29, 0.717) is 79.6 Å². The van der Waals surface area contributed by atoms with Crippen LogP contribution in [-0.2, 0) is 16.6 Å². The predicted molar refractivity (Wildman–Crippen MR) is 143 cm³/mol. The molecule has 0 amide bonds. The van der Waals surface area contributed by atoms with Gasteiger partial charge in [0, 0.05) is 44.8 Å². The Bertz CT molecular complexity index is 1600. The van der Waals surface area contributed by atoms with Crippen LogP contribution in [0, 0.1) is 0 Å². The molecule has 0 saturated carbocycles. The second kappa shape index (κ2) is 10.8. The van der Waals surface area contributed by atoms with Crippen molar-refractivity contribution in [1.82, 2.24) is 33.4 Å².